The number of H-pyrrole nitrogens is 1. The number of carbonyl (C=O) groups excluding carboxylic acids is 1. The summed E-state index contributed by atoms with van der Waals surface area (Å²) in [6, 6.07) is 13.1. The summed E-state index contributed by atoms with van der Waals surface area (Å²) in [5.74, 6) is 0.267. The first kappa shape index (κ1) is 35.8. The van der Waals surface area contributed by atoms with Crippen LogP contribution < -0.4 is 5.32 Å². The number of hydrogen-bond donors (Lipinski definition) is 4. The van der Waals surface area contributed by atoms with E-state index in [1.807, 2.05) is 44.2 Å². The molecule has 12 nitrogen and oxygen atoms in total. The molecule has 5 rings (SSSR count). The summed E-state index contributed by atoms with van der Waals surface area (Å²) in [5, 5.41) is 25.5. The highest BCUT2D eigenvalue weighted by Crippen LogP contribution is 2.33. The van der Waals surface area contributed by atoms with E-state index < -0.39 is 34.4 Å². The zero-order chi connectivity index (χ0) is 34.4. The van der Waals surface area contributed by atoms with Gasteiger partial charge in [-0.15, -0.1) is 0 Å². The number of rotatable bonds is 15. The quantitative estimate of drug-likeness (QED) is 0.171. The van der Waals surface area contributed by atoms with Crippen LogP contribution >= 0.6 is 0 Å². The van der Waals surface area contributed by atoms with E-state index in [0.29, 0.717) is 35.5 Å². The highest BCUT2D eigenvalue weighted by atomic mass is 32.2. The van der Waals surface area contributed by atoms with Gasteiger partial charge in [-0.1, -0.05) is 58.0 Å². The number of amides is 1. The second-order valence-corrected chi connectivity index (χ2v) is 15.4. The molecule has 5 atom stereocenters. The Bertz CT molecular complexity index is 1660. The molecule has 2 aromatic carbocycles. The lowest BCUT2D eigenvalue weighted by molar-refractivity contribution is -0.0907. The molecule has 1 amide bonds. The van der Waals surface area contributed by atoms with Crippen molar-refractivity contribution in [2.45, 2.75) is 76.4 Å². The summed E-state index contributed by atoms with van der Waals surface area (Å²) in [5.41, 5.74) is 1.84. The van der Waals surface area contributed by atoms with Crippen LogP contribution in [0.4, 0.5) is 4.79 Å². The van der Waals surface area contributed by atoms with E-state index in [1.165, 1.54) is 16.4 Å². The van der Waals surface area contributed by atoms with Gasteiger partial charge in [-0.3, -0.25) is 4.99 Å². The number of aromatic hydroxyl groups is 1. The molecular weight excluding hydrogens is 636 g/mol. The average Bonchev–Trinajstić information content (AvgIpc) is 3.74. The van der Waals surface area contributed by atoms with Crippen LogP contribution in [0.3, 0.4) is 0 Å². The fourth-order valence-electron chi connectivity index (χ4n) is 6.14. The minimum absolute atomic E-state index is 0.0141. The molecule has 2 aliphatic heterocycles. The Morgan fingerprint density at radius 1 is 1.12 bits per heavy atom. The molecule has 48 heavy (non-hydrogen) atoms. The number of nitrogens with one attached hydrogen (secondary N) is 2. The van der Waals surface area contributed by atoms with Crippen molar-refractivity contribution in [3.05, 3.63) is 59.7 Å². The first-order chi connectivity index (χ1) is 22.9. The lowest BCUT2D eigenvalue weighted by atomic mass is 10.0. The first-order valence-corrected chi connectivity index (χ1v) is 18.1. The number of carbonyl (C=O) groups is 1. The molecule has 2 saturated heterocycles. The molecule has 0 saturated carbocycles. The lowest BCUT2D eigenvalue weighted by Crippen LogP contribution is -2.51. The maximum Gasteiger partial charge on any atom is 0.407 e. The molecule has 1 aromatic heterocycles. The number of sulfonamides is 1. The fraction of sp³-hybridized carbons (Fsp3) is 0.543. The maximum absolute atomic E-state index is 14.2. The van der Waals surface area contributed by atoms with Crippen LogP contribution in [0.2, 0.25) is 0 Å². The standard InChI is InChI=1S/C35H48N4O8S/c1-22(2)12-14-36-18-28-27-17-25(10-11-29(27)37-33(28)41)48(43,44)39(19-23(3)4)20-31(40)30(16-24-8-6-5-7-9-24)38-35(42)47-32-21-46-34-26(32)13-15-45-34/h5-11,17-18,22-23,26,30-32,34,37,40-41H,12-16,19-21H2,1-4H3,(H,38,42)/t26-,30-,31+,32-,34+/m0/s1. The van der Waals surface area contributed by atoms with Crippen molar-refractivity contribution in [1.82, 2.24) is 14.6 Å². The molecule has 3 heterocycles. The van der Waals surface area contributed by atoms with Crippen molar-refractivity contribution in [3.63, 3.8) is 0 Å². The zero-order valence-corrected chi connectivity index (χ0v) is 28.9. The van der Waals surface area contributed by atoms with Crippen LogP contribution in [-0.2, 0) is 30.7 Å². The second kappa shape index (κ2) is 15.8. The van der Waals surface area contributed by atoms with Gasteiger partial charge < -0.3 is 34.7 Å². The van der Waals surface area contributed by atoms with Gasteiger partial charge in [0.05, 0.1) is 41.7 Å². The lowest BCUT2D eigenvalue weighted by Gasteiger charge is -2.31. The fourth-order valence-corrected chi connectivity index (χ4v) is 7.79. The van der Waals surface area contributed by atoms with Gasteiger partial charge in [-0.2, -0.15) is 4.31 Å². The molecule has 0 spiro atoms. The third-order valence-corrected chi connectivity index (χ3v) is 10.6. The molecule has 0 unspecified atom stereocenters. The SMILES string of the molecule is CC(C)CCN=Cc1c(O)[nH]c2ccc(S(=O)(=O)N(CC(C)C)C[C@@H](O)[C@H](Cc3ccccc3)NC(=O)O[C@H]3CO[C@H]4OCC[C@H]43)cc12. The van der Waals surface area contributed by atoms with E-state index in [-0.39, 0.29) is 55.0 Å². The number of aliphatic hydroxyl groups excluding tert-OH is 1. The number of aromatic amines is 1. The van der Waals surface area contributed by atoms with Gasteiger partial charge in [0.2, 0.25) is 10.0 Å². The Morgan fingerprint density at radius 3 is 2.62 bits per heavy atom. The molecule has 3 aromatic rings. The summed E-state index contributed by atoms with van der Waals surface area (Å²) < 4.78 is 46.5. The molecule has 13 heteroatoms. The molecule has 0 radical (unpaired) electrons. The van der Waals surface area contributed by atoms with Gasteiger partial charge in [-0.05, 0) is 54.9 Å². The summed E-state index contributed by atoms with van der Waals surface area (Å²) in [7, 11) is -4.13. The Hall–Kier alpha value is -3.49. The van der Waals surface area contributed by atoms with Crippen molar-refractivity contribution >= 4 is 33.2 Å². The molecule has 2 fully saturated rings. The number of aliphatic hydroxyl groups is 1. The van der Waals surface area contributed by atoms with E-state index in [2.05, 4.69) is 29.1 Å². The highest BCUT2D eigenvalue weighted by Gasteiger charge is 2.44. The maximum atomic E-state index is 14.2. The van der Waals surface area contributed by atoms with E-state index in [0.717, 1.165) is 18.4 Å². The van der Waals surface area contributed by atoms with E-state index in [9.17, 15) is 23.4 Å². The Kier molecular flexibility index (Phi) is 11.8. The van der Waals surface area contributed by atoms with Gasteiger partial charge in [0, 0.05) is 36.8 Å². The van der Waals surface area contributed by atoms with Crippen LogP contribution in [0, 0.1) is 17.8 Å². The summed E-state index contributed by atoms with van der Waals surface area (Å²) in [4.78, 5) is 20.5. The number of aromatic nitrogens is 1. The van der Waals surface area contributed by atoms with Crippen LogP contribution in [-0.4, -0.2) is 97.6 Å². The van der Waals surface area contributed by atoms with Gasteiger partial charge in [0.25, 0.3) is 0 Å². The normalized spacial score (nSPS) is 21.0. The van der Waals surface area contributed by atoms with Gasteiger partial charge in [0.1, 0.15) is 6.10 Å². The second-order valence-electron chi connectivity index (χ2n) is 13.5. The summed E-state index contributed by atoms with van der Waals surface area (Å²) in [6.07, 6.45) is 0.572. The topological polar surface area (TPSA) is 163 Å². The smallest absolute Gasteiger partial charge is 0.407 e. The summed E-state index contributed by atoms with van der Waals surface area (Å²) >= 11 is 0. The van der Waals surface area contributed by atoms with E-state index in [1.54, 1.807) is 12.3 Å². The van der Waals surface area contributed by atoms with E-state index in [4.69, 9.17) is 14.2 Å². The van der Waals surface area contributed by atoms with Gasteiger partial charge in [-0.25, -0.2) is 13.2 Å². The first-order valence-electron chi connectivity index (χ1n) is 16.7. The largest absolute Gasteiger partial charge is 0.494 e. The predicted octanol–water partition coefficient (Wildman–Crippen LogP) is 4.45. The molecule has 4 N–H and O–H groups in total. The number of fused-ring (bicyclic) bond motifs is 2. The van der Waals surface area contributed by atoms with Crippen molar-refractivity contribution in [3.8, 4) is 5.88 Å². The van der Waals surface area contributed by atoms with Crippen LogP contribution in [0.1, 0.15) is 51.7 Å². The number of hydrogen-bond acceptors (Lipinski definition) is 9. The highest BCUT2D eigenvalue weighted by molar-refractivity contribution is 7.89. The summed E-state index contributed by atoms with van der Waals surface area (Å²) in [6.45, 7) is 9.20. The van der Waals surface area contributed by atoms with Gasteiger partial charge >= 0.3 is 6.09 Å². The van der Waals surface area contributed by atoms with Crippen molar-refractivity contribution < 1.29 is 37.6 Å². The molecule has 262 valence electrons. The Labute approximate surface area is 282 Å². The Morgan fingerprint density at radius 2 is 1.90 bits per heavy atom. The number of benzene rings is 2. The van der Waals surface area contributed by atoms with Crippen LogP contribution in [0.15, 0.2) is 58.4 Å². The number of ether oxygens (including phenoxy) is 3. The molecule has 0 bridgehead atoms. The molecule has 2 aliphatic rings. The van der Waals surface area contributed by atoms with E-state index >= 15 is 0 Å². The van der Waals surface area contributed by atoms with Crippen molar-refractivity contribution in [1.29, 1.82) is 0 Å². The number of nitrogens with zero attached hydrogens (tertiary/aromatic N) is 2. The average molecular weight is 685 g/mol. The number of aliphatic imine (C=N–C) groups is 1. The van der Waals surface area contributed by atoms with Crippen molar-refractivity contribution in [2.24, 2.45) is 22.7 Å². The molecular formula is C35H48N4O8S. The van der Waals surface area contributed by atoms with Gasteiger partial charge in [0.15, 0.2) is 12.2 Å². The third-order valence-electron chi connectivity index (χ3n) is 8.75. The minimum atomic E-state index is -4.13. The van der Waals surface area contributed by atoms with Crippen molar-refractivity contribution in [2.75, 3.05) is 32.8 Å². The molecule has 0 aliphatic carbocycles. The zero-order valence-electron chi connectivity index (χ0n) is 28.0. The third kappa shape index (κ3) is 8.75. The number of alkyl carbamates (subject to hydrolysis) is 1. The van der Waals surface area contributed by atoms with Crippen LogP contribution in [0.25, 0.3) is 10.9 Å². The minimum Gasteiger partial charge on any atom is -0.494 e. The monoisotopic (exact) mass is 684 g/mol. The van der Waals surface area contributed by atoms with Crippen LogP contribution in [0.5, 0.6) is 5.88 Å². The Balaban J connectivity index is 1.37. The predicted molar refractivity (Wildman–Crippen MR) is 183 cm³/mol.